The van der Waals surface area contributed by atoms with Crippen LogP contribution in [0.2, 0.25) is 0 Å². The summed E-state index contributed by atoms with van der Waals surface area (Å²) in [6, 6.07) is 0. The Balaban J connectivity index is 3.04. The van der Waals surface area contributed by atoms with Crippen LogP contribution >= 0.6 is 11.6 Å². The molecule has 0 amide bonds. The Labute approximate surface area is 130 Å². The van der Waals surface area contributed by atoms with Crippen LogP contribution in [0.1, 0.15) is 90.4 Å². The van der Waals surface area contributed by atoms with Crippen molar-refractivity contribution in [1.29, 1.82) is 0 Å². The summed E-state index contributed by atoms with van der Waals surface area (Å²) in [6.07, 6.45) is 15.6. The first-order valence-electron chi connectivity index (χ1n) is 8.41. The lowest BCUT2D eigenvalue weighted by atomic mass is 10.0. The first kappa shape index (κ1) is 19.8. The van der Waals surface area contributed by atoms with Gasteiger partial charge in [0, 0.05) is 11.8 Å². The van der Waals surface area contributed by atoms with Gasteiger partial charge in [0.1, 0.15) is 0 Å². The van der Waals surface area contributed by atoms with Gasteiger partial charge in [-0.15, -0.1) is 11.6 Å². The molecule has 0 bridgehead atoms. The van der Waals surface area contributed by atoms with Crippen LogP contribution in [0.4, 0.5) is 0 Å². The lowest BCUT2D eigenvalue weighted by Gasteiger charge is -2.05. The zero-order chi connectivity index (χ0) is 15.1. The van der Waals surface area contributed by atoms with Gasteiger partial charge in [0.25, 0.3) is 0 Å². The molecule has 0 N–H and O–H groups in total. The lowest BCUT2D eigenvalue weighted by molar-refractivity contribution is -0.140. The summed E-state index contributed by atoms with van der Waals surface area (Å²) in [7, 11) is 1.46. The molecule has 0 rings (SSSR count). The lowest BCUT2D eigenvalue weighted by Crippen LogP contribution is -1.99. The van der Waals surface area contributed by atoms with Crippen molar-refractivity contribution < 1.29 is 9.53 Å². The van der Waals surface area contributed by atoms with E-state index >= 15 is 0 Å². The molecular weight excluding hydrogens is 272 g/mol. The molecule has 0 aliphatic rings. The number of halogens is 1. The van der Waals surface area contributed by atoms with Gasteiger partial charge in [0.15, 0.2) is 0 Å². The Bertz CT molecular complexity index is 219. The highest BCUT2D eigenvalue weighted by Gasteiger charge is 2.01. The van der Waals surface area contributed by atoms with E-state index in [0.717, 1.165) is 19.3 Å². The molecule has 0 aliphatic carbocycles. The highest BCUT2D eigenvalue weighted by molar-refractivity contribution is 6.20. The van der Waals surface area contributed by atoms with Crippen LogP contribution in [0.25, 0.3) is 0 Å². The van der Waals surface area contributed by atoms with Crippen molar-refractivity contribution >= 4 is 17.6 Å². The SMILES string of the molecule is CCC(Cl)CCCCCCCCCCCCC(=O)OC. The van der Waals surface area contributed by atoms with E-state index in [2.05, 4.69) is 11.7 Å². The van der Waals surface area contributed by atoms with Crippen molar-refractivity contribution in [2.24, 2.45) is 0 Å². The predicted octanol–water partition coefficient (Wildman–Crippen LogP) is 5.86. The van der Waals surface area contributed by atoms with E-state index in [1.165, 1.54) is 64.9 Å². The monoisotopic (exact) mass is 304 g/mol. The summed E-state index contributed by atoms with van der Waals surface area (Å²) in [5.41, 5.74) is 0. The molecule has 0 aliphatic heterocycles. The summed E-state index contributed by atoms with van der Waals surface area (Å²) in [4.78, 5) is 10.9. The number of alkyl halides is 1. The van der Waals surface area contributed by atoms with Gasteiger partial charge >= 0.3 is 5.97 Å². The standard InChI is InChI=1S/C17H33ClO2/c1-3-16(18)14-12-10-8-6-4-5-7-9-11-13-15-17(19)20-2/h16H,3-15H2,1-2H3. The van der Waals surface area contributed by atoms with E-state index in [0.29, 0.717) is 11.8 Å². The topological polar surface area (TPSA) is 26.3 Å². The maximum absolute atomic E-state index is 10.9. The molecule has 3 heteroatoms. The highest BCUT2D eigenvalue weighted by Crippen LogP contribution is 2.15. The van der Waals surface area contributed by atoms with Crippen LogP contribution in [0, 0.1) is 0 Å². The molecule has 0 heterocycles. The number of esters is 1. The van der Waals surface area contributed by atoms with Crippen LogP contribution in [0.15, 0.2) is 0 Å². The van der Waals surface area contributed by atoms with E-state index in [1.807, 2.05) is 0 Å². The molecule has 120 valence electrons. The zero-order valence-corrected chi connectivity index (χ0v) is 14.2. The van der Waals surface area contributed by atoms with Gasteiger partial charge in [-0.25, -0.2) is 0 Å². The summed E-state index contributed by atoms with van der Waals surface area (Å²) in [5, 5.41) is 0.389. The predicted molar refractivity (Wildman–Crippen MR) is 87.4 cm³/mol. The fraction of sp³-hybridized carbons (Fsp3) is 0.941. The fourth-order valence-electron chi connectivity index (χ4n) is 2.36. The van der Waals surface area contributed by atoms with Crippen molar-refractivity contribution in [2.75, 3.05) is 7.11 Å². The molecule has 0 spiro atoms. The molecule has 0 radical (unpaired) electrons. The molecule has 0 fully saturated rings. The van der Waals surface area contributed by atoms with Gasteiger partial charge in [0.05, 0.1) is 7.11 Å². The zero-order valence-electron chi connectivity index (χ0n) is 13.5. The maximum Gasteiger partial charge on any atom is 0.305 e. The van der Waals surface area contributed by atoms with Gasteiger partial charge < -0.3 is 4.74 Å². The number of rotatable bonds is 14. The number of hydrogen-bond donors (Lipinski definition) is 0. The number of methoxy groups -OCH3 is 1. The third kappa shape index (κ3) is 14.2. The van der Waals surface area contributed by atoms with Crippen molar-refractivity contribution in [3.63, 3.8) is 0 Å². The molecule has 2 nitrogen and oxygen atoms in total. The normalized spacial score (nSPS) is 12.3. The third-order valence-electron chi connectivity index (χ3n) is 3.82. The van der Waals surface area contributed by atoms with Crippen molar-refractivity contribution in [2.45, 2.75) is 95.8 Å². The van der Waals surface area contributed by atoms with E-state index in [4.69, 9.17) is 11.6 Å². The molecule has 0 aromatic carbocycles. The van der Waals surface area contributed by atoms with Crippen LogP contribution in [-0.4, -0.2) is 18.5 Å². The summed E-state index contributed by atoms with van der Waals surface area (Å²) >= 11 is 6.09. The largest absolute Gasteiger partial charge is 0.469 e. The Hall–Kier alpha value is -0.240. The van der Waals surface area contributed by atoms with Gasteiger partial charge in [-0.1, -0.05) is 64.7 Å². The third-order valence-corrected chi connectivity index (χ3v) is 4.35. The Morgan fingerprint density at radius 3 is 1.80 bits per heavy atom. The number of unbranched alkanes of at least 4 members (excludes halogenated alkanes) is 9. The van der Waals surface area contributed by atoms with Crippen LogP contribution in [-0.2, 0) is 9.53 Å². The first-order chi connectivity index (χ1) is 9.70. The van der Waals surface area contributed by atoms with E-state index in [1.54, 1.807) is 0 Å². The van der Waals surface area contributed by atoms with E-state index < -0.39 is 0 Å². The Morgan fingerprint density at radius 2 is 1.35 bits per heavy atom. The van der Waals surface area contributed by atoms with Crippen molar-refractivity contribution in [3.8, 4) is 0 Å². The molecule has 0 saturated carbocycles. The Kier molecular flexibility index (Phi) is 15.0. The minimum absolute atomic E-state index is 0.0766. The molecule has 1 atom stereocenters. The maximum atomic E-state index is 10.9. The summed E-state index contributed by atoms with van der Waals surface area (Å²) < 4.78 is 4.62. The molecule has 1 unspecified atom stereocenters. The molecule has 20 heavy (non-hydrogen) atoms. The molecular formula is C17H33ClO2. The quantitative estimate of drug-likeness (QED) is 0.228. The van der Waals surface area contributed by atoms with Crippen LogP contribution in [0.5, 0.6) is 0 Å². The van der Waals surface area contributed by atoms with Gasteiger partial charge in [-0.05, 0) is 19.3 Å². The highest BCUT2D eigenvalue weighted by atomic mass is 35.5. The van der Waals surface area contributed by atoms with Crippen LogP contribution < -0.4 is 0 Å². The smallest absolute Gasteiger partial charge is 0.305 e. The van der Waals surface area contributed by atoms with Gasteiger partial charge in [-0.2, -0.15) is 0 Å². The number of ether oxygens (including phenoxy) is 1. The first-order valence-corrected chi connectivity index (χ1v) is 8.85. The van der Waals surface area contributed by atoms with Gasteiger partial charge in [0.2, 0.25) is 0 Å². The number of carbonyl (C=O) groups excluding carboxylic acids is 1. The second kappa shape index (κ2) is 15.2. The molecule has 0 aromatic rings. The number of carbonyl (C=O) groups is 1. The second-order valence-electron chi connectivity index (χ2n) is 5.66. The fourth-order valence-corrected chi connectivity index (χ4v) is 2.51. The van der Waals surface area contributed by atoms with Crippen LogP contribution in [0.3, 0.4) is 0 Å². The average molecular weight is 305 g/mol. The Morgan fingerprint density at radius 1 is 0.900 bits per heavy atom. The minimum Gasteiger partial charge on any atom is -0.469 e. The molecule has 0 saturated heterocycles. The van der Waals surface area contributed by atoms with Crippen molar-refractivity contribution in [1.82, 2.24) is 0 Å². The van der Waals surface area contributed by atoms with Crippen molar-refractivity contribution in [3.05, 3.63) is 0 Å². The average Bonchev–Trinajstić information content (AvgIpc) is 2.47. The number of hydrogen-bond acceptors (Lipinski definition) is 2. The summed E-state index contributed by atoms with van der Waals surface area (Å²) in [5.74, 6) is -0.0766. The van der Waals surface area contributed by atoms with E-state index in [-0.39, 0.29) is 5.97 Å². The van der Waals surface area contributed by atoms with Gasteiger partial charge in [-0.3, -0.25) is 4.79 Å². The minimum atomic E-state index is -0.0766. The summed E-state index contributed by atoms with van der Waals surface area (Å²) in [6.45, 7) is 2.16. The van der Waals surface area contributed by atoms with E-state index in [9.17, 15) is 4.79 Å². The molecule has 0 aromatic heterocycles. The second-order valence-corrected chi connectivity index (χ2v) is 6.27.